The maximum atomic E-state index is 15.5. The summed E-state index contributed by atoms with van der Waals surface area (Å²) in [6.07, 6.45) is 5.56. The van der Waals surface area contributed by atoms with Gasteiger partial charge >= 0.3 is 6.09 Å². The number of aromatic amines is 1. The number of halogens is 2. The van der Waals surface area contributed by atoms with Crippen molar-refractivity contribution >= 4 is 46.5 Å². The lowest BCUT2D eigenvalue weighted by atomic mass is 9.90. The molecule has 0 saturated carbocycles. The van der Waals surface area contributed by atoms with Gasteiger partial charge in [0.25, 0.3) is 0 Å². The molecular weight excluding hydrogens is 601 g/mol. The number of pyridine rings is 1. The monoisotopic (exact) mass is 629 g/mol. The summed E-state index contributed by atoms with van der Waals surface area (Å²) < 4.78 is 15.5. The first-order valence-corrected chi connectivity index (χ1v) is 14.8. The first-order chi connectivity index (χ1) is 21.7. The van der Waals surface area contributed by atoms with Crippen molar-refractivity contribution in [1.29, 1.82) is 0 Å². The van der Waals surface area contributed by atoms with Crippen LogP contribution in [0.25, 0.3) is 28.0 Å². The Morgan fingerprint density at radius 1 is 1.13 bits per heavy atom. The van der Waals surface area contributed by atoms with Crippen molar-refractivity contribution in [2.75, 3.05) is 17.2 Å². The Bertz CT molecular complexity index is 1830. The standard InChI is InChI=1S/C32H29ClFN7O4/c1-17-3-2-4-27(25-13-18(9-11-35-25)21-6-5-20(37-32(44)45)15-24(21)38-31(17)43)41-12-10-19(14-28(41)42)29-22(26-16-36-40-39-26)7-8-23(33)30(29)34/h5-9,11,13-17,27,37H,2-4,10,12H2,1H3,(H,38,43)(H,44,45)(H,36,39,40)/t17-,27+/m1/s1. The lowest BCUT2D eigenvalue weighted by molar-refractivity contribution is -0.129. The maximum absolute atomic E-state index is 15.5. The Kier molecular flexibility index (Phi) is 8.31. The van der Waals surface area contributed by atoms with Crippen molar-refractivity contribution in [3.8, 4) is 22.4 Å². The van der Waals surface area contributed by atoms with E-state index in [0.717, 1.165) is 5.56 Å². The third-order valence-corrected chi connectivity index (χ3v) is 8.50. The second-order valence-corrected chi connectivity index (χ2v) is 11.5. The van der Waals surface area contributed by atoms with E-state index < -0.39 is 18.0 Å². The summed E-state index contributed by atoms with van der Waals surface area (Å²) in [5.74, 6) is -1.45. The Balaban J connectivity index is 1.38. The van der Waals surface area contributed by atoms with Crippen molar-refractivity contribution in [1.82, 2.24) is 25.3 Å². The number of benzene rings is 2. The first kappa shape index (κ1) is 29.9. The third kappa shape index (κ3) is 6.14. The van der Waals surface area contributed by atoms with Gasteiger partial charge in [-0.3, -0.25) is 25.0 Å². The number of fused-ring (bicyclic) bond motifs is 4. The lowest BCUT2D eigenvalue weighted by Crippen LogP contribution is -2.38. The first-order valence-electron chi connectivity index (χ1n) is 14.5. The summed E-state index contributed by atoms with van der Waals surface area (Å²) >= 11 is 6.16. The molecule has 230 valence electrons. The molecule has 0 aliphatic carbocycles. The fourth-order valence-electron chi connectivity index (χ4n) is 5.94. The fraction of sp³-hybridized carbons (Fsp3) is 0.250. The number of hydrogen-bond acceptors (Lipinski definition) is 6. The molecule has 2 aromatic carbocycles. The number of H-pyrrole nitrogens is 1. The second-order valence-electron chi connectivity index (χ2n) is 11.1. The summed E-state index contributed by atoms with van der Waals surface area (Å²) in [5, 5.41) is 24.8. The predicted octanol–water partition coefficient (Wildman–Crippen LogP) is 6.53. The lowest BCUT2D eigenvalue weighted by Gasteiger charge is -2.35. The van der Waals surface area contributed by atoms with Crippen molar-refractivity contribution in [3.63, 3.8) is 0 Å². The molecular formula is C32H29ClFN7O4. The number of hydrogen-bond donors (Lipinski definition) is 4. The molecule has 0 fully saturated rings. The van der Waals surface area contributed by atoms with Crippen LogP contribution in [0.5, 0.6) is 0 Å². The highest BCUT2D eigenvalue weighted by molar-refractivity contribution is 6.31. The Labute approximate surface area is 262 Å². The predicted molar refractivity (Wildman–Crippen MR) is 167 cm³/mol. The van der Waals surface area contributed by atoms with Gasteiger partial charge in [0.05, 0.1) is 28.6 Å². The van der Waals surface area contributed by atoms with E-state index in [0.29, 0.717) is 71.7 Å². The molecule has 0 saturated heterocycles. The smallest absolute Gasteiger partial charge is 0.409 e. The highest BCUT2D eigenvalue weighted by Crippen LogP contribution is 2.40. The van der Waals surface area contributed by atoms with Crippen LogP contribution >= 0.6 is 11.6 Å². The van der Waals surface area contributed by atoms with Crippen LogP contribution in [0.1, 0.15) is 49.9 Å². The van der Waals surface area contributed by atoms with Crippen molar-refractivity contribution in [2.24, 2.45) is 5.92 Å². The van der Waals surface area contributed by atoms with Gasteiger partial charge in [0.1, 0.15) is 11.5 Å². The zero-order chi connectivity index (χ0) is 31.7. The van der Waals surface area contributed by atoms with E-state index in [1.807, 2.05) is 13.0 Å². The van der Waals surface area contributed by atoms with Gasteiger partial charge in [0.15, 0.2) is 0 Å². The van der Waals surface area contributed by atoms with Crippen molar-refractivity contribution < 1.29 is 23.9 Å². The van der Waals surface area contributed by atoms with Crippen molar-refractivity contribution in [3.05, 3.63) is 83.0 Å². The number of amides is 3. The van der Waals surface area contributed by atoms with Crippen LogP contribution in [0.3, 0.4) is 0 Å². The highest BCUT2D eigenvalue weighted by atomic mass is 35.5. The van der Waals surface area contributed by atoms with Crippen molar-refractivity contribution in [2.45, 2.75) is 38.6 Å². The summed E-state index contributed by atoms with van der Waals surface area (Å²) in [6, 6.07) is 11.3. The number of carbonyl (C=O) groups excluding carboxylic acids is 2. The molecule has 2 bridgehead atoms. The largest absolute Gasteiger partial charge is 0.465 e. The molecule has 11 nitrogen and oxygen atoms in total. The van der Waals surface area contributed by atoms with Crippen LogP contribution in [0.4, 0.5) is 20.6 Å². The van der Waals surface area contributed by atoms with E-state index in [1.54, 1.807) is 47.6 Å². The zero-order valence-corrected chi connectivity index (χ0v) is 24.9. The topological polar surface area (TPSA) is 153 Å². The van der Waals surface area contributed by atoms with Gasteiger partial charge in [-0.2, -0.15) is 0 Å². The minimum Gasteiger partial charge on any atom is -0.465 e. The minimum atomic E-state index is -1.22. The van der Waals surface area contributed by atoms with E-state index in [-0.39, 0.29) is 28.3 Å². The van der Waals surface area contributed by atoms with Crippen LogP contribution in [-0.4, -0.2) is 54.9 Å². The Morgan fingerprint density at radius 2 is 1.96 bits per heavy atom. The average molecular weight is 630 g/mol. The number of carbonyl (C=O) groups is 3. The number of anilines is 2. The Morgan fingerprint density at radius 3 is 2.71 bits per heavy atom. The molecule has 13 heteroatoms. The van der Waals surface area contributed by atoms with Gasteiger partial charge < -0.3 is 15.3 Å². The van der Waals surface area contributed by atoms with Crippen LogP contribution in [0.15, 0.2) is 60.9 Å². The van der Waals surface area contributed by atoms with Gasteiger partial charge in [-0.1, -0.05) is 42.3 Å². The van der Waals surface area contributed by atoms with Crippen LogP contribution in [0, 0.1) is 11.7 Å². The van der Waals surface area contributed by atoms with Crippen LogP contribution in [-0.2, 0) is 9.59 Å². The maximum Gasteiger partial charge on any atom is 0.409 e. The summed E-state index contributed by atoms with van der Waals surface area (Å²) in [6.45, 7) is 2.14. The van der Waals surface area contributed by atoms with E-state index in [9.17, 15) is 19.5 Å². The van der Waals surface area contributed by atoms with Crippen LogP contribution in [0.2, 0.25) is 5.02 Å². The summed E-state index contributed by atoms with van der Waals surface area (Å²) in [4.78, 5) is 44.6. The number of aromatic nitrogens is 4. The Hall–Kier alpha value is -5.10. The number of nitrogens with zero attached hydrogens (tertiary/aromatic N) is 4. The molecule has 6 rings (SSSR count). The molecule has 3 amide bonds. The molecule has 4 aromatic rings. The fourth-order valence-corrected chi connectivity index (χ4v) is 6.10. The molecule has 2 aromatic heterocycles. The van der Waals surface area contributed by atoms with Gasteiger partial charge in [-0.05, 0) is 60.7 Å². The normalized spacial score (nSPS) is 18.6. The minimum absolute atomic E-state index is 0.0577. The molecule has 0 unspecified atom stereocenters. The quantitative estimate of drug-likeness (QED) is 0.200. The third-order valence-electron chi connectivity index (χ3n) is 8.21. The van der Waals surface area contributed by atoms with Gasteiger partial charge in [-0.15, -0.1) is 5.10 Å². The molecule has 4 heterocycles. The number of carboxylic acid groups (broad SMARTS) is 1. The molecule has 2 atom stereocenters. The SMILES string of the molecule is C[C@@H]1CCC[C@H](N2CCC(c3c(-c4c[nH]nn4)ccc(Cl)c3F)=CC2=O)c2cc(ccn2)-c2ccc(NC(=O)O)cc2NC1=O. The molecule has 2 aliphatic rings. The highest BCUT2D eigenvalue weighted by Gasteiger charge is 2.31. The van der Waals surface area contributed by atoms with Gasteiger partial charge in [0, 0.05) is 47.1 Å². The van der Waals surface area contributed by atoms with E-state index >= 15 is 4.39 Å². The second kappa shape index (κ2) is 12.5. The van der Waals surface area contributed by atoms with E-state index in [2.05, 4.69) is 31.0 Å². The molecule has 0 spiro atoms. The molecule has 45 heavy (non-hydrogen) atoms. The summed E-state index contributed by atoms with van der Waals surface area (Å²) in [7, 11) is 0. The van der Waals surface area contributed by atoms with Gasteiger partial charge in [0.2, 0.25) is 11.8 Å². The van der Waals surface area contributed by atoms with E-state index in [4.69, 9.17) is 11.6 Å². The number of rotatable bonds is 4. The summed E-state index contributed by atoms with van der Waals surface area (Å²) in [5.41, 5.74) is 4.51. The van der Waals surface area contributed by atoms with Crippen LogP contribution < -0.4 is 10.6 Å². The molecule has 2 aliphatic heterocycles. The van der Waals surface area contributed by atoms with E-state index in [1.165, 1.54) is 12.1 Å². The molecule has 4 N–H and O–H groups in total. The molecule has 0 radical (unpaired) electrons. The van der Waals surface area contributed by atoms with Gasteiger partial charge in [-0.25, -0.2) is 9.18 Å². The average Bonchev–Trinajstić information content (AvgIpc) is 3.55. The zero-order valence-electron chi connectivity index (χ0n) is 24.2. The number of nitrogens with one attached hydrogen (secondary N) is 3.